The Morgan fingerprint density at radius 1 is 0.522 bits per heavy atom. The van der Waals surface area contributed by atoms with Gasteiger partial charge in [0.2, 0.25) is 5.41 Å². The highest BCUT2D eigenvalue weighted by Gasteiger charge is 2.72. The van der Waals surface area contributed by atoms with E-state index in [1.807, 2.05) is 6.07 Å². The normalized spacial score (nSPS) is 18.9. The van der Waals surface area contributed by atoms with Gasteiger partial charge in [0.05, 0.1) is 26.2 Å². The van der Waals surface area contributed by atoms with Crippen molar-refractivity contribution >= 4 is 0 Å². The van der Waals surface area contributed by atoms with Crippen LogP contribution in [0, 0.1) is 13.8 Å². The summed E-state index contributed by atoms with van der Waals surface area (Å²) in [6.07, 6.45) is -5.33. The van der Waals surface area contributed by atoms with Gasteiger partial charge in [-0.05, 0) is 83.7 Å². The van der Waals surface area contributed by atoms with Crippen LogP contribution in [0.25, 0.3) is 22.3 Å². The van der Waals surface area contributed by atoms with Crippen LogP contribution in [0.4, 0.5) is 26.3 Å². The third kappa shape index (κ3) is 4.63. The molecule has 240 valence electrons. The molecule has 0 aromatic heterocycles. The second kappa shape index (κ2) is 10.7. The van der Waals surface area contributed by atoms with Crippen LogP contribution in [0.15, 0.2) is 84.9 Å². The summed E-state index contributed by atoms with van der Waals surface area (Å²) < 4.78 is 89.3. The van der Waals surface area contributed by atoms with Gasteiger partial charge in [0.25, 0.3) is 0 Å². The second-order valence-corrected chi connectivity index (χ2v) is 13.9. The molecule has 4 aromatic rings. The summed E-state index contributed by atoms with van der Waals surface area (Å²) in [7, 11) is 0. The molecule has 1 nitrogen and oxygen atoms in total. The topological polar surface area (TPSA) is 0 Å². The van der Waals surface area contributed by atoms with Crippen LogP contribution in [0.5, 0.6) is 0 Å². The molecule has 2 fully saturated rings. The first-order valence-electron chi connectivity index (χ1n) is 16.2. The number of nitrogens with zero attached hydrogens (tertiary/aromatic N) is 1. The number of hydrogen-bond donors (Lipinski definition) is 0. The third-order valence-corrected chi connectivity index (χ3v) is 11.3. The maximum absolute atomic E-state index is 14.7. The Kier molecular flexibility index (Phi) is 7.24. The quantitative estimate of drug-likeness (QED) is 0.155. The molecule has 0 bridgehead atoms. The number of aryl methyl sites for hydroxylation is 2. The molecule has 7 heteroatoms. The van der Waals surface area contributed by atoms with E-state index in [2.05, 4.69) is 37.3 Å². The monoisotopic (exact) mass is 634 g/mol. The molecule has 2 saturated heterocycles. The van der Waals surface area contributed by atoms with Crippen molar-refractivity contribution in [3.05, 3.63) is 118 Å². The van der Waals surface area contributed by atoms with E-state index in [4.69, 9.17) is 0 Å². The minimum absolute atomic E-state index is 0.152. The summed E-state index contributed by atoms with van der Waals surface area (Å²) in [5.41, 5.74) is 2.16. The van der Waals surface area contributed by atoms with Gasteiger partial charge in [0.15, 0.2) is 0 Å². The van der Waals surface area contributed by atoms with Gasteiger partial charge in [-0.15, -0.1) is 0 Å². The average Bonchev–Trinajstić information content (AvgIpc) is 3.27. The SMILES string of the molecule is Cc1ccc(C(c2ccc(-c3ccc4c(c3)C3(CC[N+]5(CCCCC5)CC3)c3cc(C)ccc3-4)cc2)(C(F)(F)F)C(F)(F)F)cc1. The summed E-state index contributed by atoms with van der Waals surface area (Å²) in [6.45, 7) is 8.43. The van der Waals surface area contributed by atoms with E-state index in [9.17, 15) is 26.3 Å². The van der Waals surface area contributed by atoms with E-state index >= 15 is 0 Å². The molecule has 7 rings (SSSR count). The maximum atomic E-state index is 14.7. The van der Waals surface area contributed by atoms with E-state index in [1.54, 1.807) is 6.92 Å². The second-order valence-electron chi connectivity index (χ2n) is 13.9. The standard InChI is InChI=1S/C39H38F6N/c1-26-6-12-30(13-7-26)37(38(40,41)42,39(43,44)45)31-14-9-28(10-15-31)29-11-17-33-32-16-8-27(2)24-34(32)36(35(33)25-29)18-22-46(23-19-36)20-4-3-5-21-46/h6-17,24-25H,3-5,18-23H2,1-2H3/q+1. The van der Waals surface area contributed by atoms with Gasteiger partial charge in [-0.1, -0.05) is 90.0 Å². The first-order chi connectivity index (χ1) is 21.8. The highest BCUT2D eigenvalue weighted by Crippen LogP contribution is 2.58. The van der Waals surface area contributed by atoms with Crippen molar-refractivity contribution in [3.8, 4) is 22.3 Å². The summed E-state index contributed by atoms with van der Waals surface area (Å²) >= 11 is 0. The summed E-state index contributed by atoms with van der Waals surface area (Å²) in [5, 5.41) is 0. The molecular weight excluding hydrogens is 596 g/mol. The van der Waals surface area contributed by atoms with Crippen molar-refractivity contribution in [2.45, 2.75) is 69.1 Å². The smallest absolute Gasteiger partial charge is 0.324 e. The molecule has 46 heavy (non-hydrogen) atoms. The van der Waals surface area contributed by atoms with Gasteiger partial charge in [0, 0.05) is 18.3 Å². The Labute approximate surface area is 266 Å². The van der Waals surface area contributed by atoms with Gasteiger partial charge in [-0.3, -0.25) is 0 Å². The molecule has 0 amide bonds. The minimum atomic E-state index is -5.61. The number of piperidine rings is 2. The zero-order valence-corrected chi connectivity index (χ0v) is 26.2. The fourth-order valence-electron chi connectivity index (χ4n) is 8.75. The van der Waals surface area contributed by atoms with Crippen molar-refractivity contribution in [1.29, 1.82) is 0 Å². The number of hydrogen-bond acceptors (Lipinski definition) is 0. The Balaban J connectivity index is 1.30. The number of rotatable bonds is 3. The van der Waals surface area contributed by atoms with E-state index in [0.717, 1.165) is 55.8 Å². The van der Waals surface area contributed by atoms with E-state index in [1.165, 1.54) is 88.9 Å². The first kappa shape index (κ1) is 31.0. The summed E-state index contributed by atoms with van der Waals surface area (Å²) in [6, 6.07) is 22.1. The van der Waals surface area contributed by atoms with Crippen LogP contribution in [0.1, 0.15) is 65.5 Å². The van der Waals surface area contributed by atoms with Crippen LogP contribution < -0.4 is 0 Å². The fraction of sp³-hybridized carbons (Fsp3) is 0.385. The van der Waals surface area contributed by atoms with E-state index in [-0.39, 0.29) is 5.41 Å². The van der Waals surface area contributed by atoms with Gasteiger partial charge in [-0.2, -0.15) is 26.3 Å². The molecule has 3 aliphatic rings. The molecule has 0 radical (unpaired) electrons. The minimum Gasteiger partial charge on any atom is -0.324 e. The highest BCUT2D eigenvalue weighted by atomic mass is 19.4. The van der Waals surface area contributed by atoms with Crippen LogP contribution in [-0.4, -0.2) is 43.0 Å². The van der Waals surface area contributed by atoms with Crippen molar-refractivity contribution < 1.29 is 30.8 Å². The molecule has 0 unspecified atom stereocenters. The molecule has 2 spiro atoms. The largest absolute Gasteiger partial charge is 0.411 e. The van der Waals surface area contributed by atoms with Crippen molar-refractivity contribution in [2.24, 2.45) is 0 Å². The highest BCUT2D eigenvalue weighted by molar-refractivity contribution is 5.84. The van der Waals surface area contributed by atoms with Crippen LogP contribution in [0.2, 0.25) is 0 Å². The predicted molar refractivity (Wildman–Crippen MR) is 170 cm³/mol. The number of alkyl halides is 6. The lowest BCUT2D eigenvalue weighted by atomic mass is 9.69. The molecule has 2 aliphatic heterocycles. The van der Waals surface area contributed by atoms with Crippen LogP contribution in [0.3, 0.4) is 0 Å². The summed E-state index contributed by atoms with van der Waals surface area (Å²) in [5.74, 6) is 0. The lowest BCUT2D eigenvalue weighted by molar-refractivity contribution is -0.937. The molecule has 0 atom stereocenters. The van der Waals surface area contributed by atoms with Crippen LogP contribution in [-0.2, 0) is 10.8 Å². The fourth-order valence-corrected chi connectivity index (χ4v) is 8.75. The van der Waals surface area contributed by atoms with Crippen LogP contribution >= 0.6 is 0 Å². The van der Waals surface area contributed by atoms with E-state index in [0.29, 0.717) is 11.1 Å². The Bertz CT molecular complexity index is 1730. The zero-order chi connectivity index (χ0) is 32.5. The number of fused-ring (bicyclic) bond motifs is 5. The molecule has 4 aromatic carbocycles. The first-order valence-corrected chi connectivity index (χ1v) is 16.2. The van der Waals surface area contributed by atoms with Gasteiger partial charge >= 0.3 is 12.4 Å². The molecule has 1 aliphatic carbocycles. The molecule has 0 N–H and O–H groups in total. The molecular formula is C39H38F6N+. The van der Waals surface area contributed by atoms with Gasteiger partial charge < -0.3 is 4.48 Å². The number of quaternary nitrogens is 1. The molecule has 2 heterocycles. The van der Waals surface area contributed by atoms with Gasteiger partial charge in [-0.25, -0.2) is 0 Å². The number of benzene rings is 4. The Morgan fingerprint density at radius 2 is 1.00 bits per heavy atom. The third-order valence-electron chi connectivity index (χ3n) is 11.3. The number of halogens is 6. The van der Waals surface area contributed by atoms with E-state index < -0.39 is 28.9 Å². The van der Waals surface area contributed by atoms with Crippen molar-refractivity contribution in [3.63, 3.8) is 0 Å². The Hall–Kier alpha value is -3.58. The zero-order valence-electron chi connectivity index (χ0n) is 26.2. The van der Waals surface area contributed by atoms with Crippen molar-refractivity contribution in [2.75, 3.05) is 26.2 Å². The average molecular weight is 635 g/mol. The summed E-state index contributed by atoms with van der Waals surface area (Å²) in [4.78, 5) is 0. The lowest BCUT2D eigenvalue weighted by Crippen LogP contribution is -2.58. The van der Waals surface area contributed by atoms with Gasteiger partial charge in [0.1, 0.15) is 0 Å². The maximum Gasteiger partial charge on any atom is 0.411 e. The van der Waals surface area contributed by atoms with Crippen molar-refractivity contribution in [1.82, 2.24) is 0 Å². The predicted octanol–water partition coefficient (Wildman–Crippen LogP) is 10.4. The molecule has 0 saturated carbocycles. The lowest BCUT2D eigenvalue weighted by Gasteiger charge is -2.50. The Morgan fingerprint density at radius 3 is 1.57 bits per heavy atom.